The summed E-state index contributed by atoms with van der Waals surface area (Å²) in [7, 11) is 1.60. The molecule has 0 saturated heterocycles. The highest BCUT2D eigenvalue weighted by atomic mass is 35.5. The van der Waals surface area contributed by atoms with Gasteiger partial charge < -0.3 is 15.0 Å². The fourth-order valence-corrected chi connectivity index (χ4v) is 7.83. The molecule has 0 radical (unpaired) electrons. The maximum absolute atomic E-state index is 14.4. The van der Waals surface area contributed by atoms with Crippen molar-refractivity contribution < 1.29 is 14.3 Å². The van der Waals surface area contributed by atoms with Gasteiger partial charge in [-0.15, -0.1) is 11.3 Å². The number of ether oxygens (including phenoxy) is 1. The molecule has 1 fully saturated rings. The fourth-order valence-electron chi connectivity index (χ4n) is 5.84. The standard InChI is InChI=1S/C35H30Cl3N3O3S/c1-44-27-11-5-23(6-12-27)34(42)40-25-7-9-26(10-8-25)41(20-21-3-2-4-24(19-21)22-15-17-39-18-16-22)35(43)33-30(37)28-13-14-29(36)31(38)32(28)45-33/h2-6,11-19,25-26H,7-10,20H2,1H3,(H,40,42). The Hall–Kier alpha value is -3.62. The van der Waals surface area contributed by atoms with Gasteiger partial charge in [0, 0.05) is 42.0 Å². The van der Waals surface area contributed by atoms with Gasteiger partial charge in [-0.1, -0.05) is 59.1 Å². The largest absolute Gasteiger partial charge is 0.497 e. The van der Waals surface area contributed by atoms with Crippen molar-refractivity contribution in [1.82, 2.24) is 15.2 Å². The van der Waals surface area contributed by atoms with Crippen molar-refractivity contribution >= 4 is 68.0 Å². The lowest BCUT2D eigenvalue weighted by molar-refractivity contribution is 0.0597. The van der Waals surface area contributed by atoms with E-state index in [4.69, 9.17) is 39.5 Å². The highest BCUT2D eigenvalue weighted by molar-refractivity contribution is 7.22. The predicted molar refractivity (Wildman–Crippen MR) is 183 cm³/mol. The van der Waals surface area contributed by atoms with Gasteiger partial charge in [0.15, 0.2) is 0 Å². The van der Waals surface area contributed by atoms with Crippen LogP contribution in [0.15, 0.2) is 85.2 Å². The van der Waals surface area contributed by atoms with Crippen molar-refractivity contribution in [3.63, 3.8) is 0 Å². The number of carbonyl (C=O) groups is 2. The van der Waals surface area contributed by atoms with Crippen molar-refractivity contribution in [2.75, 3.05) is 7.11 Å². The smallest absolute Gasteiger partial charge is 0.266 e. The van der Waals surface area contributed by atoms with Crippen LogP contribution < -0.4 is 10.1 Å². The lowest BCUT2D eigenvalue weighted by atomic mass is 9.89. The molecule has 2 amide bonds. The molecule has 10 heteroatoms. The number of hydrogen-bond acceptors (Lipinski definition) is 5. The number of methoxy groups -OCH3 is 1. The molecule has 0 bridgehead atoms. The molecule has 230 valence electrons. The van der Waals surface area contributed by atoms with Crippen molar-refractivity contribution in [1.29, 1.82) is 0 Å². The van der Waals surface area contributed by atoms with Crippen LogP contribution in [0.4, 0.5) is 0 Å². The van der Waals surface area contributed by atoms with Gasteiger partial charge in [-0.3, -0.25) is 14.6 Å². The Labute approximate surface area is 280 Å². The molecule has 1 aliphatic carbocycles. The molecule has 0 unspecified atom stereocenters. The molecule has 3 aromatic carbocycles. The lowest BCUT2D eigenvalue weighted by Gasteiger charge is -2.37. The first-order chi connectivity index (χ1) is 21.8. The minimum absolute atomic E-state index is 0.0108. The number of nitrogens with one attached hydrogen (secondary N) is 1. The Balaban J connectivity index is 1.25. The number of fused-ring (bicyclic) bond motifs is 1. The third kappa shape index (κ3) is 6.82. The van der Waals surface area contributed by atoms with Crippen LogP contribution in [0.3, 0.4) is 0 Å². The van der Waals surface area contributed by atoms with Crippen LogP contribution in [0.5, 0.6) is 5.75 Å². The summed E-state index contributed by atoms with van der Waals surface area (Å²) in [6.45, 7) is 0.407. The van der Waals surface area contributed by atoms with Gasteiger partial charge in [0.2, 0.25) is 0 Å². The Morgan fingerprint density at radius 3 is 2.36 bits per heavy atom. The Morgan fingerprint density at radius 2 is 1.64 bits per heavy atom. The maximum Gasteiger partial charge on any atom is 0.266 e. The van der Waals surface area contributed by atoms with E-state index in [2.05, 4.69) is 22.4 Å². The summed E-state index contributed by atoms with van der Waals surface area (Å²) in [5.41, 5.74) is 3.69. The summed E-state index contributed by atoms with van der Waals surface area (Å²) in [6, 6.07) is 22.7. The van der Waals surface area contributed by atoms with Crippen LogP contribution in [-0.2, 0) is 6.54 Å². The van der Waals surface area contributed by atoms with Gasteiger partial charge in [-0.25, -0.2) is 0 Å². The first-order valence-corrected chi connectivity index (χ1v) is 16.6. The fraction of sp³-hybridized carbons (Fsp3) is 0.229. The second-order valence-electron chi connectivity index (χ2n) is 11.1. The Kier molecular flexibility index (Phi) is 9.61. The second kappa shape index (κ2) is 13.8. The number of aromatic nitrogens is 1. The summed E-state index contributed by atoms with van der Waals surface area (Å²) in [5.74, 6) is 0.440. The van der Waals surface area contributed by atoms with Gasteiger partial charge in [0.05, 0.1) is 26.9 Å². The molecular formula is C35H30Cl3N3O3S. The van der Waals surface area contributed by atoms with E-state index in [1.54, 1.807) is 55.9 Å². The number of rotatable bonds is 8. The summed E-state index contributed by atoms with van der Waals surface area (Å²) in [4.78, 5) is 33.8. The van der Waals surface area contributed by atoms with Gasteiger partial charge in [-0.2, -0.15) is 0 Å². The van der Waals surface area contributed by atoms with Crippen LogP contribution in [0.1, 0.15) is 51.3 Å². The third-order valence-electron chi connectivity index (χ3n) is 8.26. The van der Waals surface area contributed by atoms with Crippen molar-refractivity contribution in [3.05, 3.63) is 116 Å². The number of carbonyl (C=O) groups excluding carboxylic acids is 2. The monoisotopic (exact) mass is 677 g/mol. The lowest BCUT2D eigenvalue weighted by Crippen LogP contribution is -2.45. The van der Waals surface area contributed by atoms with E-state index in [9.17, 15) is 9.59 Å². The molecule has 1 aliphatic rings. The van der Waals surface area contributed by atoms with Gasteiger partial charge in [0.1, 0.15) is 10.6 Å². The van der Waals surface area contributed by atoms with Crippen molar-refractivity contribution in [3.8, 4) is 16.9 Å². The quantitative estimate of drug-likeness (QED) is 0.178. The second-order valence-corrected chi connectivity index (χ2v) is 13.2. The number of benzene rings is 3. The van der Waals surface area contributed by atoms with Crippen LogP contribution in [0.25, 0.3) is 21.2 Å². The number of thiophene rings is 1. The van der Waals surface area contributed by atoms with E-state index in [-0.39, 0.29) is 23.9 Å². The maximum atomic E-state index is 14.4. The number of nitrogens with zero attached hydrogens (tertiary/aromatic N) is 2. The summed E-state index contributed by atoms with van der Waals surface area (Å²) in [6.07, 6.45) is 6.50. The number of amides is 2. The third-order valence-corrected chi connectivity index (χ3v) is 10.9. The van der Waals surface area contributed by atoms with Gasteiger partial charge >= 0.3 is 0 Å². The Morgan fingerprint density at radius 1 is 0.911 bits per heavy atom. The number of hydrogen-bond donors (Lipinski definition) is 1. The van der Waals surface area contributed by atoms with E-state index in [1.165, 1.54) is 11.3 Å². The number of pyridine rings is 1. The predicted octanol–water partition coefficient (Wildman–Crippen LogP) is 9.32. The van der Waals surface area contributed by atoms with Crippen molar-refractivity contribution in [2.45, 2.75) is 44.3 Å². The average molecular weight is 679 g/mol. The zero-order valence-electron chi connectivity index (χ0n) is 24.4. The number of halogens is 3. The first-order valence-electron chi connectivity index (χ1n) is 14.6. The first kappa shape index (κ1) is 31.4. The summed E-state index contributed by atoms with van der Waals surface area (Å²) >= 11 is 20.9. The van der Waals surface area contributed by atoms with Crippen LogP contribution in [0.2, 0.25) is 15.1 Å². The average Bonchev–Trinajstić information content (AvgIpc) is 3.42. The molecule has 45 heavy (non-hydrogen) atoms. The SMILES string of the molecule is COc1ccc(C(=O)NC2CCC(N(Cc3cccc(-c4ccncc4)c3)C(=O)c3sc4c(Cl)c(Cl)ccc4c3Cl)CC2)cc1. The molecule has 0 spiro atoms. The van der Waals surface area contributed by atoms with E-state index in [1.807, 2.05) is 29.2 Å². The van der Waals surface area contributed by atoms with E-state index >= 15 is 0 Å². The van der Waals surface area contributed by atoms with Crippen LogP contribution in [0, 0.1) is 0 Å². The van der Waals surface area contributed by atoms with E-state index in [0.29, 0.717) is 47.9 Å². The molecule has 1 saturated carbocycles. The van der Waals surface area contributed by atoms with Crippen molar-refractivity contribution in [2.24, 2.45) is 0 Å². The van der Waals surface area contributed by atoms with Crippen LogP contribution in [-0.4, -0.2) is 40.9 Å². The molecule has 6 nitrogen and oxygen atoms in total. The molecule has 0 atom stereocenters. The molecule has 1 N–H and O–H groups in total. The highest BCUT2D eigenvalue weighted by Gasteiger charge is 2.33. The zero-order valence-corrected chi connectivity index (χ0v) is 27.5. The zero-order chi connectivity index (χ0) is 31.5. The summed E-state index contributed by atoms with van der Waals surface area (Å²) < 4.78 is 5.90. The molecule has 6 rings (SSSR count). The van der Waals surface area contributed by atoms with Gasteiger partial charge in [0.25, 0.3) is 11.8 Å². The molecule has 2 aromatic heterocycles. The summed E-state index contributed by atoms with van der Waals surface area (Å²) in [5, 5.41) is 5.08. The highest BCUT2D eigenvalue weighted by Crippen LogP contribution is 2.43. The molecule has 5 aromatic rings. The Bertz CT molecular complexity index is 1840. The van der Waals surface area contributed by atoms with E-state index < -0.39 is 0 Å². The minimum atomic E-state index is -0.145. The molecule has 2 heterocycles. The van der Waals surface area contributed by atoms with Gasteiger partial charge in [-0.05, 0) is 90.9 Å². The minimum Gasteiger partial charge on any atom is -0.497 e. The molecular weight excluding hydrogens is 649 g/mol. The topological polar surface area (TPSA) is 71.5 Å². The normalized spacial score (nSPS) is 16.4. The van der Waals surface area contributed by atoms with E-state index in [0.717, 1.165) is 42.4 Å². The van der Waals surface area contributed by atoms with Crippen LogP contribution >= 0.6 is 46.1 Å². The molecule has 0 aliphatic heterocycles.